The molecule has 1 fully saturated rings. The SMILES string of the molecule is CCC1SCC(C(=O)O)N1C(=O)[C@H](C)NC(=O)OCC1c2ccccc2-c2ccccc21. The maximum absolute atomic E-state index is 12.9. The molecule has 32 heavy (non-hydrogen) atoms. The van der Waals surface area contributed by atoms with E-state index in [9.17, 15) is 19.5 Å². The molecule has 2 amide bonds. The summed E-state index contributed by atoms with van der Waals surface area (Å²) in [6.07, 6.45) is -0.0582. The summed E-state index contributed by atoms with van der Waals surface area (Å²) in [5.74, 6) is -1.18. The van der Waals surface area contributed by atoms with Gasteiger partial charge in [-0.05, 0) is 35.6 Å². The van der Waals surface area contributed by atoms with Crippen LogP contribution in [-0.2, 0) is 14.3 Å². The predicted molar refractivity (Wildman–Crippen MR) is 122 cm³/mol. The summed E-state index contributed by atoms with van der Waals surface area (Å²) in [5.41, 5.74) is 4.49. The van der Waals surface area contributed by atoms with Crippen molar-refractivity contribution in [1.82, 2.24) is 10.2 Å². The topological polar surface area (TPSA) is 95.9 Å². The first-order valence-electron chi connectivity index (χ1n) is 10.7. The van der Waals surface area contributed by atoms with Crippen LogP contribution in [0, 0.1) is 0 Å². The first kappa shape index (κ1) is 22.2. The van der Waals surface area contributed by atoms with Gasteiger partial charge in [0.25, 0.3) is 0 Å². The Morgan fingerprint density at radius 3 is 2.28 bits per heavy atom. The molecule has 0 radical (unpaired) electrons. The number of amides is 2. The Kier molecular flexibility index (Phi) is 6.41. The molecule has 2 unspecified atom stereocenters. The second kappa shape index (κ2) is 9.24. The van der Waals surface area contributed by atoms with Gasteiger partial charge in [0.05, 0.1) is 5.37 Å². The van der Waals surface area contributed by atoms with Crippen LogP contribution in [0.1, 0.15) is 37.3 Å². The number of carbonyl (C=O) groups is 3. The molecule has 1 saturated heterocycles. The molecular formula is C24H26N2O5S. The molecule has 3 atom stereocenters. The Hall–Kier alpha value is -3.00. The van der Waals surface area contributed by atoms with Gasteiger partial charge < -0.3 is 20.1 Å². The lowest BCUT2D eigenvalue weighted by Crippen LogP contribution is -2.53. The van der Waals surface area contributed by atoms with Crippen molar-refractivity contribution in [3.8, 4) is 11.1 Å². The average Bonchev–Trinajstić information content (AvgIpc) is 3.36. The van der Waals surface area contributed by atoms with Crippen molar-refractivity contribution < 1.29 is 24.2 Å². The zero-order valence-corrected chi connectivity index (χ0v) is 18.8. The molecule has 7 nitrogen and oxygen atoms in total. The van der Waals surface area contributed by atoms with E-state index in [0.717, 1.165) is 22.3 Å². The lowest BCUT2D eigenvalue weighted by atomic mass is 9.98. The van der Waals surface area contributed by atoms with Crippen molar-refractivity contribution in [3.05, 3.63) is 59.7 Å². The first-order chi connectivity index (χ1) is 15.4. The van der Waals surface area contributed by atoms with Crippen LogP contribution in [0.3, 0.4) is 0 Å². The molecule has 1 heterocycles. The van der Waals surface area contributed by atoms with E-state index in [1.165, 1.54) is 16.7 Å². The number of ether oxygens (including phenoxy) is 1. The van der Waals surface area contributed by atoms with Gasteiger partial charge in [-0.3, -0.25) is 4.79 Å². The van der Waals surface area contributed by atoms with Crippen LogP contribution >= 0.6 is 11.8 Å². The molecule has 0 spiro atoms. The number of rotatable bonds is 6. The lowest BCUT2D eigenvalue weighted by molar-refractivity contribution is -0.149. The van der Waals surface area contributed by atoms with Gasteiger partial charge in [-0.15, -0.1) is 11.8 Å². The van der Waals surface area contributed by atoms with Crippen LogP contribution in [0.2, 0.25) is 0 Å². The Morgan fingerprint density at radius 2 is 1.72 bits per heavy atom. The minimum Gasteiger partial charge on any atom is -0.480 e. The van der Waals surface area contributed by atoms with Crippen molar-refractivity contribution in [2.75, 3.05) is 12.4 Å². The molecule has 1 aliphatic heterocycles. The van der Waals surface area contributed by atoms with E-state index in [2.05, 4.69) is 17.4 Å². The maximum Gasteiger partial charge on any atom is 0.407 e. The number of nitrogens with one attached hydrogen (secondary N) is 1. The number of carboxylic acids is 1. The van der Waals surface area contributed by atoms with Crippen molar-refractivity contribution in [1.29, 1.82) is 0 Å². The second-order valence-electron chi connectivity index (χ2n) is 7.99. The number of benzene rings is 2. The van der Waals surface area contributed by atoms with Crippen molar-refractivity contribution in [2.24, 2.45) is 0 Å². The molecule has 4 rings (SSSR count). The van der Waals surface area contributed by atoms with E-state index in [1.54, 1.807) is 6.92 Å². The van der Waals surface area contributed by atoms with E-state index < -0.39 is 30.1 Å². The number of aliphatic carboxylic acids is 1. The molecule has 0 aromatic heterocycles. The second-order valence-corrected chi connectivity index (χ2v) is 9.20. The molecule has 168 valence electrons. The van der Waals surface area contributed by atoms with E-state index in [4.69, 9.17) is 4.74 Å². The summed E-state index contributed by atoms with van der Waals surface area (Å²) in [4.78, 5) is 38.4. The number of hydrogen-bond acceptors (Lipinski definition) is 5. The normalized spacial score (nSPS) is 20.4. The molecule has 0 saturated carbocycles. The number of hydrogen-bond donors (Lipinski definition) is 2. The summed E-state index contributed by atoms with van der Waals surface area (Å²) in [6, 6.07) is 14.3. The highest BCUT2D eigenvalue weighted by Gasteiger charge is 2.42. The maximum atomic E-state index is 12.9. The highest BCUT2D eigenvalue weighted by atomic mass is 32.2. The summed E-state index contributed by atoms with van der Waals surface area (Å²) in [5, 5.41) is 11.8. The van der Waals surface area contributed by atoms with Gasteiger partial charge in [-0.2, -0.15) is 0 Å². The number of nitrogens with zero attached hydrogens (tertiary/aromatic N) is 1. The Labute approximate surface area is 191 Å². The minimum absolute atomic E-state index is 0.0741. The zero-order chi connectivity index (χ0) is 22.8. The summed E-state index contributed by atoms with van der Waals surface area (Å²) < 4.78 is 5.51. The highest BCUT2D eigenvalue weighted by Crippen LogP contribution is 2.44. The fraction of sp³-hybridized carbons (Fsp3) is 0.375. The Bertz CT molecular complexity index is 997. The summed E-state index contributed by atoms with van der Waals surface area (Å²) in [6.45, 7) is 3.61. The quantitative estimate of drug-likeness (QED) is 0.691. The van der Waals surface area contributed by atoms with Crippen LogP contribution in [0.4, 0.5) is 4.79 Å². The monoisotopic (exact) mass is 454 g/mol. The predicted octanol–water partition coefficient (Wildman–Crippen LogP) is 3.68. The zero-order valence-electron chi connectivity index (χ0n) is 18.0. The fourth-order valence-corrected chi connectivity index (χ4v) is 5.82. The number of carboxylic acid groups (broad SMARTS) is 1. The van der Waals surface area contributed by atoms with E-state index >= 15 is 0 Å². The van der Waals surface area contributed by atoms with Gasteiger partial charge in [0.2, 0.25) is 5.91 Å². The lowest BCUT2D eigenvalue weighted by Gasteiger charge is -2.29. The Balaban J connectivity index is 1.40. The molecule has 2 aromatic rings. The average molecular weight is 455 g/mol. The van der Waals surface area contributed by atoms with Gasteiger partial charge in [0, 0.05) is 11.7 Å². The van der Waals surface area contributed by atoms with Gasteiger partial charge in [0.1, 0.15) is 18.7 Å². The van der Waals surface area contributed by atoms with E-state index in [-0.39, 0.29) is 17.9 Å². The molecular weight excluding hydrogens is 428 g/mol. The standard InChI is InChI=1S/C24H26N2O5S/c1-3-21-26(20(13-32-21)23(28)29)22(27)14(2)25-24(30)31-12-19-17-10-6-4-8-15(17)16-9-5-7-11-18(16)19/h4-11,14,19-21H,3,12-13H2,1-2H3,(H,25,30)(H,28,29)/t14-,20?,21?/m0/s1. The third-order valence-electron chi connectivity index (χ3n) is 6.03. The van der Waals surface area contributed by atoms with Crippen molar-refractivity contribution in [2.45, 2.75) is 43.6 Å². The van der Waals surface area contributed by atoms with E-state index in [1.807, 2.05) is 43.3 Å². The summed E-state index contributed by atoms with van der Waals surface area (Å²) >= 11 is 1.45. The number of carbonyl (C=O) groups excluding carboxylic acids is 2. The van der Waals surface area contributed by atoms with Gasteiger partial charge in [0.15, 0.2) is 0 Å². The smallest absolute Gasteiger partial charge is 0.407 e. The molecule has 2 aromatic carbocycles. The van der Waals surface area contributed by atoms with Crippen LogP contribution in [-0.4, -0.2) is 57.8 Å². The van der Waals surface area contributed by atoms with Crippen molar-refractivity contribution >= 4 is 29.7 Å². The highest BCUT2D eigenvalue weighted by molar-refractivity contribution is 8.00. The molecule has 2 N–H and O–H groups in total. The minimum atomic E-state index is -1.03. The fourth-order valence-electron chi connectivity index (χ4n) is 4.47. The molecule has 2 aliphatic rings. The Morgan fingerprint density at radius 1 is 1.12 bits per heavy atom. The van der Waals surface area contributed by atoms with Crippen LogP contribution < -0.4 is 5.32 Å². The molecule has 0 bridgehead atoms. The number of alkyl carbamates (subject to hydrolysis) is 1. The third kappa shape index (κ3) is 4.07. The van der Waals surface area contributed by atoms with Crippen LogP contribution in [0.5, 0.6) is 0 Å². The largest absolute Gasteiger partial charge is 0.480 e. The number of fused-ring (bicyclic) bond motifs is 3. The van der Waals surface area contributed by atoms with Crippen molar-refractivity contribution in [3.63, 3.8) is 0 Å². The molecule has 1 aliphatic carbocycles. The van der Waals surface area contributed by atoms with E-state index in [0.29, 0.717) is 12.2 Å². The van der Waals surface area contributed by atoms with Crippen LogP contribution in [0.15, 0.2) is 48.5 Å². The first-order valence-corrected chi connectivity index (χ1v) is 11.7. The third-order valence-corrected chi connectivity index (χ3v) is 7.48. The number of thioether (sulfide) groups is 1. The van der Waals surface area contributed by atoms with Gasteiger partial charge in [-0.25, -0.2) is 9.59 Å². The van der Waals surface area contributed by atoms with Gasteiger partial charge >= 0.3 is 12.1 Å². The van der Waals surface area contributed by atoms with Gasteiger partial charge in [-0.1, -0.05) is 55.5 Å². The summed E-state index contributed by atoms with van der Waals surface area (Å²) in [7, 11) is 0. The molecule has 8 heteroatoms. The van der Waals surface area contributed by atoms with Crippen LogP contribution in [0.25, 0.3) is 11.1 Å².